The number of hydrogen-bond acceptors (Lipinski definition) is 2. The predicted octanol–water partition coefficient (Wildman–Crippen LogP) is 1.66. The lowest BCUT2D eigenvalue weighted by molar-refractivity contribution is -0.101. The van der Waals surface area contributed by atoms with Gasteiger partial charge in [-0.2, -0.15) is 0 Å². The fourth-order valence-electron chi connectivity index (χ4n) is 3.52. The summed E-state index contributed by atoms with van der Waals surface area (Å²) in [5, 5.41) is 3.40. The fourth-order valence-corrected chi connectivity index (χ4v) is 3.52. The monoisotopic (exact) mass is 229 g/mol. The molecule has 0 aromatic heterocycles. The van der Waals surface area contributed by atoms with Gasteiger partial charge in [0.05, 0.1) is 13.2 Å². The number of nitrogens with one attached hydrogen (secondary N) is 1. The number of benzene rings is 1. The highest BCUT2D eigenvalue weighted by Crippen LogP contribution is 2.42. The maximum absolute atomic E-state index is 5.54. The van der Waals surface area contributed by atoms with Crippen molar-refractivity contribution >= 4 is 0 Å². The lowest BCUT2D eigenvalue weighted by atomic mass is 9.66. The maximum atomic E-state index is 5.54. The van der Waals surface area contributed by atoms with Crippen LogP contribution in [0.3, 0.4) is 0 Å². The van der Waals surface area contributed by atoms with Gasteiger partial charge in [0.2, 0.25) is 0 Å². The van der Waals surface area contributed by atoms with E-state index in [1.54, 1.807) is 11.1 Å². The number of ether oxygens (including phenoxy) is 1. The molecule has 0 spiro atoms. The second kappa shape index (κ2) is 3.56. The molecule has 0 radical (unpaired) electrons. The number of fused-ring (bicyclic) bond motifs is 1. The van der Waals surface area contributed by atoms with Crippen molar-refractivity contribution in [3.63, 3.8) is 0 Å². The lowest BCUT2D eigenvalue weighted by Gasteiger charge is -2.51. The van der Waals surface area contributed by atoms with Crippen LogP contribution in [0.4, 0.5) is 0 Å². The molecule has 0 unspecified atom stereocenters. The quantitative estimate of drug-likeness (QED) is 0.833. The summed E-state index contributed by atoms with van der Waals surface area (Å²) in [6.45, 7) is 4.19. The van der Waals surface area contributed by atoms with Crippen molar-refractivity contribution in [2.75, 3.05) is 26.3 Å². The summed E-state index contributed by atoms with van der Waals surface area (Å²) in [5.41, 5.74) is 5.05. The van der Waals surface area contributed by atoms with Gasteiger partial charge >= 0.3 is 0 Å². The van der Waals surface area contributed by atoms with Crippen molar-refractivity contribution in [1.82, 2.24) is 5.32 Å². The molecule has 2 fully saturated rings. The molecule has 0 atom stereocenters. The zero-order valence-corrected chi connectivity index (χ0v) is 10.2. The minimum absolute atomic E-state index is 0.336. The van der Waals surface area contributed by atoms with E-state index in [9.17, 15) is 0 Å². The van der Waals surface area contributed by atoms with Crippen LogP contribution in [0.1, 0.15) is 23.1 Å². The van der Waals surface area contributed by atoms with E-state index in [0.29, 0.717) is 5.41 Å². The molecule has 3 aliphatic rings. The van der Waals surface area contributed by atoms with Crippen molar-refractivity contribution in [2.24, 2.45) is 5.92 Å². The van der Waals surface area contributed by atoms with Crippen LogP contribution in [0.5, 0.6) is 0 Å². The third kappa shape index (κ3) is 1.34. The average Bonchev–Trinajstić information content (AvgIpc) is 2.67. The SMILES string of the molecule is c1cc2c(cc1C1(C3CNC3)COC1)CCC2. The van der Waals surface area contributed by atoms with Gasteiger partial charge in [-0.3, -0.25) is 0 Å². The molecule has 0 bridgehead atoms. The smallest absolute Gasteiger partial charge is 0.0589 e. The van der Waals surface area contributed by atoms with E-state index in [1.807, 2.05) is 0 Å². The first kappa shape index (κ1) is 10.1. The van der Waals surface area contributed by atoms with Crippen LogP contribution in [-0.2, 0) is 23.0 Å². The highest BCUT2D eigenvalue weighted by Gasteiger charge is 2.49. The molecule has 1 N–H and O–H groups in total. The Kier molecular flexibility index (Phi) is 2.12. The first-order valence-corrected chi connectivity index (χ1v) is 6.79. The van der Waals surface area contributed by atoms with E-state index in [4.69, 9.17) is 4.74 Å². The van der Waals surface area contributed by atoms with Crippen LogP contribution >= 0.6 is 0 Å². The molecule has 2 heteroatoms. The summed E-state index contributed by atoms with van der Waals surface area (Å²) < 4.78 is 5.54. The van der Waals surface area contributed by atoms with Crippen LogP contribution in [0.15, 0.2) is 18.2 Å². The van der Waals surface area contributed by atoms with E-state index in [1.165, 1.54) is 37.9 Å². The largest absolute Gasteiger partial charge is 0.379 e. The molecule has 2 aliphatic heterocycles. The van der Waals surface area contributed by atoms with Crippen molar-refractivity contribution < 1.29 is 4.74 Å². The highest BCUT2D eigenvalue weighted by molar-refractivity contribution is 5.40. The highest BCUT2D eigenvalue weighted by atomic mass is 16.5. The molecule has 0 amide bonds. The van der Waals surface area contributed by atoms with Crippen LogP contribution < -0.4 is 5.32 Å². The number of rotatable bonds is 2. The van der Waals surface area contributed by atoms with Gasteiger partial charge in [-0.05, 0) is 41.9 Å². The molecule has 1 aliphatic carbocycles. The van der Waals surface area contributed by atoms with Gasteiger partial charge in [0.1, 0.15) is 0 Å². The molecule has 2 nitrogen and oxygen atoms in total. The van der Waals surface area contributed by atoms with Crippen LogP contribution in [0, 0.1) is 5.92 Å². The minimum Gasteiger partial charge on any atom is -0.379 e. The van der Waals surface area contributed by atoms with Gasteiger partial charge in [0.15, 0.2) is 0 Å². The third-order valence-electron chi connectivity index (χ3n) is 4.96. The van der Waals surface area contributed by atoms with E-state index >= 15 is 0 Å². The Balaban J connectivity index is 1.72. The Hall–Kier alpha value is -0.860. The standard InChI is InChI=1S/C15H19NO/c1-2-11-4-5-13(6-12(11)3-1)15(9-17-10-15)14-7-16-8-14/h4-6,14,16H,1-3,7-10H2. The number of hydrogen-bond donors (Lipinski definition) is 1. The molecule has 17 heavy (non-hydrogen) atoms. The van der Waals surface area contributed by atoms with Crippen molar-refractivity contribution in [3.05, 3.63) is 34.9 Å². The van der Waals surface area contributed by atoms with E-state index in [-0.39, 0.29) is 0 Å². The molecular formula is C15H19NO. The fraction of sp³-hybridized carbons (Fsp3) is 0.600. The zero-order chi connectivity index (χ0) is 11.3. The summed E-state index contributed by atoms with van der Waals surface area (Å²) >= 11 is 0. The van der Waals surface area contributed by atoms with E-state index in [0.717, 1.165) is 19.1 Å². The molecule has 0 saturated carbocycles. The second-order valence-electron chi connectivity index (χ2n) is 5.84. The van der Waals surface area contributed by atoms with Crippen molar-refractivity contribution in [2.45, 2.75) is 24.7 Å². The Morgan fingerprint density at radius 2 is 1.94 bits per heavy atom. The third-order valence-corrected chi connectivity index (χ3v) is 4.96. The molecule has 2 saturated heterocycles. The van der Waals surface area contributed by atoms with E-state index < -0.39 is 0 Å². The molecule has 4 rings (SSSR count). The summed E-state index contributed by atoms with van der Waals surface area (Å²) in [4.78, 5) is 0. The van der Waals surface area contributed by atoms with Gasteiger partial charge in [-0.1, -0.05) is 18.2 Å². The Bertz CT molecular complexity index is 446. The average molecular weight is 229 g/mol. The van der Waals surface area contributed by atoms with Crippen LogP contribution in [0.25, 0.3) is 0 Å². The van der Waals surface area contributed by atoms with Gasteiger partial charge in [0.25, 0.3) is 0 Å². The predicted molar refractivity (Wildman–Crippen MR) is 67.3 cm³/mol. The van der Waals surface area contributed by atoms with E-state index in [2.05, 4.69) is 23.5 Å². The summed E-state index contributed by atoms with van der Waals surface area (Å²) in [5.74, 6) is 0.788. The molecule has 90 valence electrons. The first-order chi connectivity index (χ1) is 8.38. The van der Waals surface area contributed by atoms with Crippen LogP contribution in [-0.4, -0.2) is 26.3 Å². The Labute approximate surface area is 102 Å². The van der Waals surface area contributed by atoms with Crippen LogP contribution in [0.2, 0.25) is 0 Å². The van der Waals surface area contributed by atoms with Gasteiger partial charge in [0, 0.05) is 18.5 Å². The summed E-state index contributed by atoms with van der Waals surface area (Å²) in [6.07, 6.45) is 3.90. The molecule has 1 aromatic carbocycles. The summed E-state index contributed by atoms with van der Waals surface area (Å²) in [6, 6.07) is 7.21. The second-order valence-corrected chi connectivity index (χ2v) is 5.84. The summed E-state index contributed by atoms with van der Waals surface area (Å²) in [7, 11) is 0. The van der Waals surface area contributed by atoms with Gasteiger partial charge < -0.3 is 10.1 Å². The van der Waals surface area contributed by atoms with Gasteiger partial charge in [-0.25, -0.2) is 0 Å². The molecule has 2 heterocycles. The first-order valence-electron chi connectivity index (χ1n) is 6.79. The zero-order valence-electron chi connectivity index (χ0n) is 10.2. The van der Waals surface area contributed by atoms with Crippen molar-refractivity contribution in [3.8, 4) is 0 Å². The Morgan fingerprint density at radius 3 is 2.59 bits per heavy atom. The molecule has 1 aromatic rings. The number of aryl methyl sites for hydroxylation is 2. The maximum Gasteiger partial charge on any atom is 0.0589 e. The topological polar surface area (TPSA) is 21.3 Å². The molecular weight excluding hydrogens is 210 g/mol. The van der Waals surface area contributed by atoms with Gasteiger partial charge in [-0.15, -0.1) is 0 Å². The Morgan fingerprint density at radius 1 is 1.12 bits per heavy atom. The normalized spacial score (nSPS) is 26.1. The van der Waals surface area contributed by atoms with Crippen molar-refractivity contribution in [1.29, 1.82) is 0 Å². The minimum atomic E-state index is 0.336. The lowest BCUT2D eigenvalue weighted by Crippen LogP contribution is -2.62.